The Morgan fingerprint density at radius 2 is 1.67 bits per heavy atom. The Morgan fingerprint density at radius 1 is 1.04 bits per heavy atom. The molecule has 0 unspecified atom stereocenters. The minimum atomic E-state index is -0.478. The number of benzene rings is 2. The number of halogens is 3. The van der Waals surface area contributed by atoms with Crippen molar-refractivity contribution in [2.24, 2.45) is 0 Å². The molecular formula is C20H21Cl3N2O2. The fourth-order valence-electron chi connectivity index (χ4n) is 3.35. The molecule has 0 aliphatic carbocycles. The lowest BCUT2D eigenvalue weighted by molar-refractivity contribution is -0.177. The van der Waals surface area contributed by atoms with Gasteiger partial charge in [-0.15, -0.1) is 0 Å². The maximum absolute atomic E-state index is 12.8. The maximum Gasteiger partial charge on any atom is 0.251 e. The molecule has 0 saturated carbocycles. The van der Waals surface area contributed by atoms with Crippen LogP contribution >= 0.6 is 34.8 Å². The van der Waals surface area contributed by atoms with E-state index in [2.05, 4.69) is 4.90 Å². The molecule has 1 atom stereocenters. The lowest BCUT2D eigenvalue weighted by atomic mass is 10.0. The van der Waals surface area contributed by atoms with Gasteiger partial charge in [-0.05, 0) is 43.6 Å². The summed E-state index contributed by atoms with van der Waals surface area (Å²) in [6.45, 7) is 2.51. The molecule has 1 aliphatic rings. The molecule has 7 heteroatoms. The van der Waals surface area contributed by atoms with Crippen LogP contribution in [0.1, 0.15) is 30.0 Å². The molecule has 2 aromatic rings. The van der Waals surface area contributed by atoms with E-state index in [4.69, 9.17) is 34.8 Å². The topological polar surface area (TPSA) is 43.8 Å². The van der Waals surface area contributed by atoms with Gasteiger partial charge in [-0.2, -0.15) is 0 Å². The van der Waals surface area contributed by atoms with Crippen molar-refractivity contribution >= 4 is 40.7 Å². The van der Waals surface area contributed by atoms with E-state index >= 15 is 0 Å². The number of carbonyl (C=O) groups excluding carboxylic acids is 1. The molecular weight excluding hydrogens is 407 g/mol. The second-order valence-electron chi connectivity index (χ2n) is 6.67. The summed E-state index contributed by atoms with van der Waals surface area (Å²) in [7, 11) is 0. The molecule has 1 amide bonds. The van der Waals surface area contributed by atoms with Gasteiger partial charge < -0.3 is 4.90 Å². The van der Waals surface area contributed by atoms with Crippen molar-refractivity contribution in [1.82, 2.24) is 9.96 Å². The fourth-order valence-corrected chi connectivity index (χ4v) is 4.03. The van der Waals surface area contributed by atoms with Crippen molar-refractivity contribution in [2.45, 2.75) is 25.3 Å². The molecule has 27 heavy (non-hydrogen) atoms. The zero-order chi connectivity index (χ0) is 19.4. The Balaban J connectivity index is 1.81. The van der Waals surface area contributed by atoms with Crippen LogP contribution in [-0.2, 0) is 11.2 Å². The molecule has 1 heterocycles. The van der Waals surface area contributed by atoms with Gasteiger partial charge in [0.05, 0.1) is 22.5 Å². The number of hydroxylamine groups is 2. The summed E-state index contributed by atoms with van der Waals surface area (Å²) in [6, 6.07) is 12.2. The third-order valence-electron chi connectivity index (χ3n) is 4.83. The minimum Gasteiger partial charge on any atom is -0.301 e. The van der Waals surface area contributed by atoms with Crippen LogP contribution in [0, 0.1) is 0 Å². The van der Waals surface area contributed by atoms with E-state index in [-0.39, 0.29) is 11.4 Å². The quantitative estimate of drug-likeness (QED) is 0.389. The van der Waals surface area contributed by atoms with Crippen molar-refractivity contribution in [1.29, 1.82) is 0 Å². The maximum atomic E-state index is 12.8. The second kappa shape index (κ2) is 9.26. The highest BCUT2D eigenvalue weighted by molar-refractivity contribution is 6.44. The average molecular weight is 428 g/mol. The van der Waals surface area contributed by atoms with Crippen LogP contribution in [0.25, 0.3) is 0 Å². The molecule has 0 radical (unpaired) electrons. The Bertz CT molecular complexity index is 795. The normalized spacial score (nSPS) is 15.7. The van der Waals surface area contributed by atoms with Crippen molar-refractivity contribution in [3.8, 4) is 0 Å². The van der Waals surface area contributed by atoms with E-state index in [1.807, 2.05) is 30.3 Å². The first kappa shape index (κ1) is 20.4. The lowest BCUT2D eigenvalue weighted by Gasteiger charge is -2.30. The highest BCUT2D eigenvalue weighted by atomic mass is 35.5. The average Bonchev–Trinajstić information content (AvgIpc) is 3.19. The SMILES string of the molecule is O=C(Cc1c(Cl)ccc(Cl)c1Cl)N(O)[C@H](CN1CCCC1)c1ccccc1. The summed E-state index contributed by atoms with van der Waals surface area (Å²) in [5.74, 6) is -0.478. The number of hydrogen-bond donors (Lipinski definition) is 1. The zero-order valence-electron chi connectivity index (χ0n) is 14.7. The van der Waals surface area contributed by atoms with Gasteiger partial charge >= 0.3 is 0 Å². The highest BCUT2D eigenvalue weighted by Gasteiger charge is 2.28. The summed E-state index contributed by atoms with van der Waals surface area (Å²) in [4.78, 5) is 15.1. The van der Waals surface area contributed by atoms with Crippen molar-refractivity contribution in [3.63, 3.8) is 0 Å². The van der Waals surface area contributed by atoms with Gasteiger partial charge in [0, 0.05) is 17.1 Å². The van der Waals surface area contributed by atoms with E-state index in [1.165, 1.54) is 0 Å². The van der Waals surface area contributed by atoms with Crippen molar-refractivity contribution in [2.75, 3.05) is 19.6 Å². The molecule has 144 valence electrons. The number of likely N-dealkylation sites (tertiary alicyclic amines) is 1. The van der Waals surface area contributed by atoms with Crippen molar-refractivity contribution in [3.05, 3.63) is 68.7 Å². The number of nitrogens with zero attached hydrogens (tertiary/aromatic N) is 2. The predicted octanol–water partition coefficient (Wildman–Crippen LogP) is 5.24. The smallest absolute Gasteiger partial charge is 0.251 e. The van der Waals surface area contributed by atoms with E-state index in [1.54, 1.807) is 12.1 Å². The summed E-state index contributed by atoms with van der Waals surface area (Å²) in [5, 5.41) is 12.5. The summed E-state index contributed by atoms with van der Waals surface area (Å²) < 4.78 is 0. The molecule has 0 aromatic heterocycles. The number of amides is 1. The Kier molecular flexibility index (Phi) is 7.01. The molecule has 1 saturated heterocycles. The molecule has 0 bridgehead atoms. The lowest BCUT2D eigenvalue weighted by Crippen LogP contribution is -2.39. The van der Waals surface area contributed by atoms with Crippen LogP contribution in [0.15, 0.2) is 42.5 Å². The molecule has 3 rings (SSSR count). The summed E-state index contributed by atoms with van der Waals surface area (Å²) in [5.41, 5.74) is 1.30. The van der Waals surface area contributed by atoms with E-state index in [9.17, 15) is 10.0 Å². The van der Waals surface area contributed by atoms with Gasteiger partial charge in [0.2, 0.25) is 0 Å². The number of carbonyl (C=O) groups is 1. The summed E-state index contributed by atoms with van der Waals surface area (Å²) >= 11 is 18.4. The second-order valence-corrected chi connectivity index (χ2v) is 7.86. The van der Waals surface area contributed by atoms with Gasteiger partial charge in [0.15, 0.2) is 0 Å². The molecule has 2 aromatic carbocycles. The zero-order valence-corrected chi connectivity index (χ0v) is 17.0. The van der Waals surface area contributed by atoms with Gasteiger partial charge in [-0.1, -0.05) is 65.1 Å². The van der Waals surface area contributed by atoms with E-state index in [0.717, 1.165) is 36.6 Å². The van der Waals surface area contributed by atoms with Gasteiger partial charge in [0.1, 0.15) is 0 Å². The highest BCUT2D eigenvalue weighted by Crippen LogP contribution is 2.32. The molecule has 1 fully saturated rings. The van der Waals surface area contributed by atoms with E-state index < -0.39 is 11.9 Å². The third-order valence-corrected chi connectivity index (χ3v) is 6.03. The third kappa shape index (κ3) is 4.95. The number of rotatable bonds is 6. The van der Waals surface area contributed by atoms with Gasteiger partial charge in [-0.25, -0.2) is 5.06 Å². The van der Waals surface area contributed by atoms with Crippen LogP contribution in [-0.4, -0.2) is 40.7 Å². The first-order valence-corrected chi connectivity index (χ1v) is 10.0. The fraction of sp³-hybridized carbons (Fsp3) is 0.350. The van der Waals surface area contributed by atoms with Gasteiger partial charge in [0.25, 0.3) is 5.91 Å². The Labute approximate surface area is 174 Å². The monoisotopic (exact) mass is 426 g/mol. The Morgan fingerprint density at radius 3 is 2.33 bits per heavy atom. The van der Waals surface area contributed by atoms with Crippen LogP contribution in [0.2, 0.25) is 15.1 Å². The van der Waals surface area contributed by atoms with Crippen LogP contribution < -0.4 is 0 Å². The van der Waals surface area contributed by atoms with Crippen molar-refractivity contribution < 1.29 is 10.0 Å². The summed E-state index contributed by atoms with van der Waals surface area (Å²) in [6.07, 6.45) is 2.14. The molecule has 1 aliphatic heterocycles. The minimum absolute atomic E-state index is 0.127. The van der Waals surface area contributed by atoms with Crippen LogP contribution in [0.3, 0.4) is 0 Å². The first-order chi connectivity index (χ1) is 13.0. The predicted molar refractivity (Wildman–Crippen MR) is 109 cm³/mol. The molecule has 1 N–H and O–H groups in total. The van der Waals surface area contributed by atoms with E-state index in [0.29, 0.717) is 22.2 Å². The number of hydrogen-bond acceptors (Lipinski definition) is 3. The van der Waals surface area contributed by atoms with Crippen LogP contribution in [0.5, 0.6) is 0 Å². The standard InChI is InChI=1S/C20H21Cl3N2O2/c21-16-8-9-17(22)20(23)15(16)12-19(26)25(27)18(13-24-10-4-5-11-24)14-6-2-1-3-7-14/h1-3,6-9,18,27H,4-5,10-13H2/t18-/m1/s1. The molecule has 0 spiro atoms. The largest absolute Gasteiger partial charge is 0.301 e. The van der Waals surface area contributed by atoms with Crippen LogP contribution in [0.4, 0.5) is 0 Å². The van der Waals surface area contributed by atoms with Gasteiger partial charge in [-0.3, -0.25) is 10.0 Å². The first-order valence-electron chi connectivity index (χ1n) is 8.88. The molecule has 4 nitrogen and oxygen atoms in total. The Hall–Kier alpha value is -1.30.